The average molecular weight is 324 g/mol. The first-order valence-corrected chi connectivity index (χ1v) is 7.41. The van der Waals surface area contributed by atoms with Gasteiger partial charge in [-0.15, -0.1) is 5.26 Å². The lowest BCUT2D eigenvalue weighted by Crippen LogP contribution is -2.23. The normalized spacial score (nSPS) is 16.8. The first-order chi connectivity index (χ1) is 10.1. The lowest BCUT2D eigenvalue weighted by Gasteiger charge is -2.11. The van der Waals surface area contributed by atoms with Crippen molar-refractivity contribution in [3.63, 3.8) is 0 Å². The molecule has 0 bridgehead atoms. The quantitative estimate of drug-likeness (QED) is 0.673. The van der Waals surface area contributed by atoms with Gasteiger partial charge in [0.25, 0.3) is 6.26 Å². The van der Waals surface area contributed by atoms with Crippen LogP contribution < -0.4 is 10.1 Å². The number of thioether (sulfide) groups is 1. The van der Waals surface area contributed by atoms with Crippen molar-refractivity contribution in [3.05, 3.63) is 23.8 Å². The standard InChI is InChI=1S/C13H12N2O4S2/c1-8-2-3-9(4-11(8)18-7-14)15-12(16)17-5-10-6-21-13(20)19-10/h2-4,10H,5-6H2,1H3,(H,15,16). The van der Waals surface area contributed by atoms with Gasteiger partial charge in [0.2, 0.25) is 4.38 Å². The summed E-state index contributed by atoms with van der Waals surface area (Å²) < 4.78 is 15.6. The number of nitrogens with zero attached hydrogens (tertiary/aromatic N) is 1. The van der Waals surface area contributed by atoms with Crippen LogP contribution in [0.1, 0.15) is 5.56 Å². The fraction of sp³-hybridized carbons (Fsp3) is 0.308. The number of thiocarbonyl (C=S) groups is 1. The van der Waals surface area contributed by atoms with E-state index in [0.717, 1.165) is 5.56 Å². The molecule has 1 fully saturated rings. The average Bonchev–Trinajstić information content (AvgIpc) is 2.86. The van der Waals surface area contributed by atoms with Crippen molar-refractivity contribution in [1.82, 2.24) is 0 Å². The van der Waals surface area contributed by atoms with Crippen LogP contribution in [0.15, 0.2) is 18.2 Å². The van der Waals surface area contributed by atoms with E-state index in [1.807, 2.05) is 0 Å². The van der Waals surface area contributed by atoms with Crippen LogP contribution in [-0.4, -0.2) is 28.9 Å². The Balaban J connectivity index is 1.86. The third-order valence-electron chi connectivity index (χ3n) is 2.64. The zero-order valence-corrected chi connectivity index (χ0v) is 12.8. The van der Waals surface area contributed by atoms with Crippen LogP contribution in [0.2, 0.25) is 0 Å². The maximum absolute atomic E-state index is 11.7. The second kappa shape index (κ2) is 7.15. The highest BCUT2D eigenvalue weighted by atomic mass is 32.2. The highest BCUT2D eigenvalue weighted by molar-refractivity contribution is 8.22. The number of carbonyl (C=O) groups is 1. The van der Waals surface area contributed by atoms with Crippen LogP contribution >= 0.6 is 24.0 Å². The molecule has 1 saturated heterocycles. The topological polar surface area (TPSA) is 80.6 Å². The maximum Gasteiger partial charge on any atom is 0.411 e. The summed E-state index contributed by atoms with van der Waals surface area (Å²) in [7, 11) is 0. The number of nitrogens with one attached hydrogen (secondary N) is 1. The van der Waals surface area contributed by atoms with E-state index >= 15 is 0 Å². The molecule has 1 aromatic carbocycles. The van der Waals surface area contributed by atoms with E-state index in [1.54, 1.807) is 31.4 Å². The van der Waals surface area contributed by atoms with Gasteiger partial charge in [0.05, 0.1) is 0 Å². The Kier molecular flexibility index (Phi) is 5.25. The minimum absolute atomic E-state index is 0.131. The van der Waals surface area contributed by atoms with Crippen LogP contribution in [0.3, 0.4) is 0 Å². The molecule has 0 radical (unpaired) electrons. The van der Waals surface area contributed by atoms with E-state index in [0.29, 0.717) is 21.6 Å². The molecule has 0 spiro atoms. The van der Waals surface area contributed by atoms with Gasteiger partial charge >= 0.3 is 6.09 Å². The molecule has 21 heavy (non-hydrogen) atoms. The summed E-state index contributed by atoms with van der Waals surface area (Å²) in [6, 6.07) is 4.98. The SMILES string of the molecule is Cc1ccc(NC(=O)OCC2CSC(=S)O2)cc1OC#N. The van der Waals surface area contributed by atoms with Crippen molar-refractivity contribution in [2.24, 2.45) is 0 Å². The maximum atomic E-state index is 11.7. The molecule has 0 aromatic heterocycles. The molecule has 110 valence electrons. The lowest BCUT2D eigenvalue weighted by atomic mass is 10.2. The number of amides is 1. The van der Waals surface area contributed by atoms with Crippen molar-refractivity contribution in [2.45, 2.75) is 13.0 Å². The minimum atomic E-state index is -0.604. The van der Waals surface area contributed by atoms with Crippen LogP contribution in [0.5, 0.6) is 5.75 Å². The summed E-state index contributed by atoms with van der Waals surface area (Å²) in [5.74, 6) is 1.06. The molecule has 8 heteroatoms. The van der Waals surface area contributed by atoms with Crippen molar-refractivity contribution >= 4 is 40.1 Å². The van der Waals surface area contributed by atoms with Crippen LogP contribution in [0.25, 0.3) is 0 Å². The van der Waals surface area contributed by atoms with Gasteiger partial charge in [-0.1, -0.05) is 17.8 Å². The molecule has 1 N–H and O–H groups in total. The molecule has 0 saturated carbocycles. The van der Waals surface area contributed by atoms with E-state index in [1.165, 1.54) is 11.8 Å². The Morgan fingerprint density at radius 1 is 1.67 bits per heavy atom. The number of nitriles is 1. The number of anilines is 1. The van der Waals surface area contributed by atoms with Gasteiger partial charge in [0.15, 0.2) is 0 Å². The Morgan fingerprint density at radius 3 is 3.14 bits per heavy atom. The van der Waals surface area contributed by atoms with Crippen molar-refractivity contribution in [2.75, 3.05) is 17.7 Å². The molecule has 1 aliphatic rings. The third-order valence-corrected chi connectivity index (χ3v) is 3.96. The number of aryl methyl sites for hydroxylation is 1. The van der Waals surface area contributed by atoms with E-state index in [9.17, 15) is 4.79 Å². The Morgan fingerprint density at radius 2 is 2.48 bits per heavy atom. The smallest absolute Gasteiger partial charge is 0.411 e. The van der Waals surface area contributed by atoms with E-state index < -0.39 is 6.09 Å². The fourth-order valence-corrected chi connectivity index (χ4v) is 2.64. The number of carbonyl (C=O) groups excluding carboxylic acids is 1. The fourth-order valence-electron chi connectivity index (χ4n) is 1.61. The number of benzene rings is 1. The Bertz CT molecular complexity index is 600. The van der Waals surface area contributed by atoms with E-state index in [4.69, 9.17) is 31.7 Å². The molecule has 6 nitrogen and oxygen atoms in total. The highest BCUT2D eigenvalue weighted by Crippen LogP contribution is 2.23. The molecule has 1 aromatic rings. The predicted octanol–water partition coefficient (Wildman–Crippen LogP) is 2.82. The number of rotatable bonds is 4. The summed E-state index contributed by atoms with van der Waals surface area (Å²) in [6.45, 7) is 1.93. The van der Waals surface area contributed by atoms with Crippen LogP contribution in [-0.2, 0) is 9.47 Å². The van der Waals surface area contributed by atoms with Gasteiger partial charge in [-0.05, 0) is 30.8 Å². The Labute approximate surface area is 131 Å². The molecule has 1 atom stereocenters. The minimum Gasteiger partial charge on any atom is -0.471 e. The summed E-state index contributed by atoms with van der Waals surface area (Å²) in [6.07, 6.45) is 0.788. The van der Waals surface area contributed by atoms with Crippen molar-refractivity contribution in [3.8, 4) is 12.0 Å². The number of hydrogen-bond donors (Lipinski definition) is 1. The third kappa shape index (κ3) is 4.51. The first kappa shape index (κ1) is 15.4. The second-order valence-electron chi connectivity index (χ2n) is 4.20. The highest BCUT2D eigenvalue weighted by Gasteiger charge is 2.22. The first-order valence-electron chi connectivity index (χ1n) is 6.02. The Hall–Kier alpha value is -1.98. The van der Waals surface area contributed by atoms with Crippen LogP contribution in [0.4, 0.5) is 10.5 Å². The van der Waals surface area contributed by atoms with Gasteiger partial charge in [-0.3, -0.25) is 5.32 Å². The van der Waals surface area contributed by atoms with Gasteiger partial charge in [-0.25, -0.2) is 4.79 Å². The monoisotopic (exact) mass is 324 g/mol. The summed E-state index contributed by atoms with van der Waals surface area (Å²) in [5.41, 5.74) is 1.27. The largest absolute Gasteiger partial charge is 0.471 e. The molecule has 1 heterocycles. The molecular formula is C13H12N2O4S2. The molecule has 1 amide bonds. The zero-order chi connectivity index (χ0) is 15.2. The van der Waals surface area contributed by atoms with Gasteiger partial charge in [0, 0.05) is 17.5 Å². The number of hydrogen-bond acceptors (Lipinski definition) is 7. The summed E-state index contributed by atoms with van der Waals surface area (Å²) in [5, 5.41) is 11.1. The summed E-state index contributed by atoms with van der Waals surface area (Å²) in [4.78, 5) is 11.7. The van der Waals surface area contributed by atoms with Gasteiger partial charge in [-0.2, -0.15) is 0 Å². The molecule has 1 aliphatic heterocycles. The van der Waals surface area contributed by atoms with E-state index in [-0.39, 0.29) is 12.7 Å². The summed E-state index contributed by atoms with van der Waals surface area (Å²) >= 11 is 6.30. The molecule has 2 rings (SSSR count). The van der Waals surface area contributed by atoms with E-state index in [2.05, 4.69) is 5.32 Å². The van der Waals surface area contributed by atoms with Gasteiger partial charge < -0.3 is 14.2 Å². The predicted molar refractivity (Wildman–Crippen MR) is 82.3 cm³/mol. The number of ether oxygens (including phenoxy) is 3. The molecule has 1 unspecified atom stereocenters. The molecule has 0 aliphatic carbocycles. The zero-order valence-electron chi connectivity index (χ0n) is 11.1. The van der Waals surface area contributed by atoms with Gasteiger partial charge in [0.1, 0.15) is 18.5 Å². The van der Waals surface area contributed by atoms with Crippen LogP contribution in [0, 0.1) is 18.4 Å². The van der Waals surface area contributed by atoms with Crippen molar-refractivity contribution < 1.29 is 19.0 Å². The second-order valence-corrected chi connectivity index (χ2v) is 5.82. The lowest BCUT2D eigenvalue weighted by molar-refractivity contribution is 0.103. The van der Waals surface area contributed by atoms with Crippen molar-refractivity contribution in [1.29, 1.82) is 5.26 Å². The molecular weight excluding hydrogens is 312 g/mol.